The summed E-state index contributed by atoms with van der Waals surface area (Å²) in [6.45, 7) is 2.99. The van der Waals surface area contributed by atoms with Crippen molar-refractivity contribution in [3.63, 3.8) is 0 Å². The summed E-state index contributed by atoms with van der Waals surface area (Å²) in [4.78, 5) is 4.00. The molecule has 8 heteroatoms. The van der Waals surface area contributed by atoms with Gasteiger partial charge in [-0.1, -0.05) is 24.9 Å². The Labute approximate surface area is 173 Å². The Morgan fingerprint density at radius 2 is 2.10 bits per heavy atom. The molecule has 0 spiro atoms. The van der Waals surface area contributed by atoms with E-state index < -0.39 is 11.6 Å². The highest BCUT2D eigenvalue weighted by Gasteiger charge is 2.43. The topological polar surface area (TPSA) is 58.4 Å². The maximum Gasteiger partial charge on any atom is 0.215 e. The maximum absolute atomic E-state index is 13.9. The van der Waals surface area contributed by atoms with Gasteiger partial charge in [0.1, 0.15) is 24.9 Å². The van der Waals surface area contributed by atoms with Crippen molar-refractivity contribution in [2.75, 3.05) is 6.61 Å². The van der Waals surface area contributed by atoms with Crippen molar-refractivity contribution in [2.45, 2.75) is 38.2 Å². The Hall–Kier alpha value is -2.48. The molecule has 0 aliphatic carbocycles. The van der Waals surface area contributed by atoms with Gasteiger partial charge in [0.05, 0.1) is 12.7 Å². The molecule has 6 nitrogen and oxygen atoms in total. The van der Waals surface area contributed by atoms with Gasteiger partial charge < -0.3 is 14.2 Å². The Balaban J connectivity index is 1.57. The molecule has 0 radical (unpaired) electrons. The third kappa shape index (κ3) is 4.42. The minimum Gasteiger partial charge on any atom is -0.454 e. The first-order valence-electron chi connectivity index (χ1n) is 9.45. The second kappa shape index (κ2) is 8.49. The predicted molar refractivity (Wildman–Crippen MR) is 105 cm³/mol. The Bertz CT molecular complexity index is 952. The first-order chi connectivity index (χ1) is 14.1. The zero-order valence-electron chi connectivity index (χ0n) is 15.9. The highest BCUT2D eigenvalue weighted by molar-refractivity contribution is 6.30. The third-order valence-electron chi connectivity index (χ3n) is 4.72. The van der Waals surface area contributed by atoms with Gasteiger partial charge in [-0.15, -0.1) is 0 Å². The van der Waals surface area contributed by atoms with Crippen LogP contribution in [0.3, 0.4) is 0 Å². The highest BCUT2D eigenvalue weighted by Crippen LogP contribution is 2.38. The molecule has 1 fully saturated rings. The van der Waals surface area contributed by atoms with Crippen molar-refractivity contribution in [1.82, 2.24) is 14.8 Å². The van der Waals surface area contributed by atoms with Crippen LogP contribution in [-0.2, 0) is 21.8 Å². The van der Waals surface area contributed by atoms with E-state index in [9.17, 15) is 4.39 Å². The van der Waals surface area contributed by atoms with E-state index in [4.69, 9.17) is 25.8 Å². The van der Waals surface area contributed by atoms with Gasteiger partial charge in [0.25, 0.3) is 0 Å². The zero-order valence-corrected chi connectivity index (χ0v) is 16.7. The van der Waals surface area contributed by atoms with Crippen molar-refractivity contribution in [2.24, 2.45) is 0 Å². The molecule has 152 valence electrons. The van der Waals surface area contributed by atoms with E-state index >= 15 is 0 Å². The van der Waals surface area contributed by atoms with Crippen LogP contribution < -0.4 is 4.74 Å². The Kier molecular flexibility index (Phi) is 5.80. The summed E-state index contributed by atoms with van der Waals surface area (Å²) < 4.78 is 33.7. The monoisotopic (exact) mass is 417 g/mol. The van der Waals surface area contributed by atoms with Crippen LogP contribution in [0.1, 0.15) is 25.3 Å². The fourth-order valence-electron chi connectivity index (χ4n) is 3.34. The number of hydrogen-bond acceptors (Lipinski definition) is 5. The number of nitrogens with zero attached hydrogens (tertiary/aromatic N) is 3. The molecule has 3 aromatic rings. The molecule has 4 rings (SSSR count). The van der Waals surface area contributed by atoms with Gasteiger partial charge >= 0.3 is 0 Å². The third-order valence-corrected chi connectivity index (χ3v) is 4.96. The number of halogens is 2. The minimum absolute atomic E-state index is 0.0139. The molecule has 0 amide bonds. The van der Waals surface area contributed by atoms with E-state index in [0.29, 0.717) is 23.9 Å². The van der Waals surface area contributed by atoms with Gasteiger partial charge in [-0.3, -0.25) is 0 Å². The summed E-state index contributed by atoms with van der Waals surface area (Å²) >= 11 is 5.93. The molecule has 1 saturated heterocycles. The molecule has 1 aromatic heterocycles. The van der Waals surface area contributed by atoms with E-state index in [1.165, 1.54) is 24.5 Å². The van der Waals surface area contributed by atoms with Gasteiger partial charge in [0.15, 0.2) is 11.6 Å². The summed E-state index contributed by atoms with van der Waals surface area (Å²) in [5.41, 5.74) is 0.825. The Morgan fingerprint density at radius 1 is 1.28 bits per heavy atom. The molecule has 2 unspecified atom stereocenters. The van der Waals surface area contributed by atoms with Gasteiger partial charge in [-0.05, 0) is 42.8 Å². The van der Waals surface area contributed by atoms with E-state index in [-0.39, 0.29) is 11.9 Å². The lowest BCUT2D eigenvalue weighted by molar-refractivity contribution is -0.189. The molecular formula is C21H21ClFN3O3. The molecule has 0 bridgehead atoms. The lowest BCUT2D eigenvalue weighted by Gasteiger charge is -2.28. The van der Waals surface area contributed by atoms with Crippen LogP contribution in [0.2, 0.25) is 5.02 Å². The molecule has 2 heterocycles. The SMILES string of the molecule is CCCC1COC(Cn2cncn2)(c2ccc(Oc3cc(Cl)ccc3F)cc2)O1. The molecule has 0 N–H and O–H groups in total. The zero-order chi connectivity index (χ0) is 20.3. The summed E-state index contributed by atoms with van der Waals surface area (Å²) in [7, 11) is 0. The second-order valence-electron chi connectivity index (χ2n) is 6.89. The van der Waals surface area contributed by atoms with Crippen LogP contribution in [-0.4, -0.2) is 27.5 Å². The molecule has 1 aliphatic rings. The highest BCUT2D eigenvalue weighted by atomic mass is 35.5. The number of ether oxygens (including phenoxy) is 3. The van der Waals surface area contributed by atoms with Crippen molar-refractivity contribution in [3.8, 4) is 11.5 Å². The van der Waals surface area contributed by atoms with Crippen molar-refractivity contribution < 1.29 is 18.6 Å². The van der Waals surface area contributed by atoms with Crippen LogP contribution >= 0.6 is 11.6 Å². The number of hydrogen-bond donors (Lipinski definition) is 0. The normalized spacial score (nSPS) is 21.4. The summed E-state index contributed by atoms with van der Waals surface area (Å²) in [6, 6.07) is 11.4. The minimum atomic E-state index is -0.965. The largest absolute Gasteiger partial charge is 0.454 e. The molecule has 2 atom stereocenters. The summed E-state index contributed by atoms with van der Waals surface area (Å²) in [5, 5.41) is 4.58. The Morgan fingerprint density at radius 3 is 2.83 bits per heavy atom. The molecule has 2 aromatic carbocycles. The summed E-state index contributed by atoms with van der Waals surface area (Å²) in [6.07, 6.45) is 5.03. The van der Waals surface area contributed by atoms with Gasteiger partial charge in [0, 0.05) is 16.7 Å². The fourth-order valence-corrected chi connectivity index (χ4v) is 3.50. The van der Waals surface area contributed by atoms with Crippen molar-refractivity contribution >= 4 is 11.6 Å². The molecular weight excluding hydrogens is 397 g/mol. The van der Waals surface area contributed by atoms with Crippen molar-refractivity contribution in [1.29, 1.82) is 0 Å². The van der Waals surface area contributed by atoms with Gasteiger partial charge in [-0.25, -0.2) is 14.1 Å². The average molecular weight is 418 g/mol. The lowest BCUT2D eigenvalue weighted by Crippen LogP contribution is -2.33. The van der Waals surface area contributed by atoms with Crippen LogP contribution in [0.25, 0.3) is 0 Å². The number of rotatable bonds is 7. The average Bonchev–Trinajstić information content (AvgIpc) is 3.37. The molecule has 29 heavy (non-hydrogen) atoms. The van der Waals surface area contributed by atoms with Crippen molar-refractivity contribution in [3.05, 3.63) is 71.5 Å². The second-order valence-corrected chi connectivity index (χ2v) is 7.32. The van der Waals surface area contributed by atoms with Gasteiger partial charge in [-0.2, -0.15) is 5.10 Å². The number of benzene rings is 2. The van der Waals surface area contributed by atoms with Crippen LogP contribution in [0.15, 0.2) is 55.1 Å². The van der Waals surface area contributed by atoms with E-state index in [1.807, 2.05) is 12.1 Å². The van der Waals surface area contributed by atoms with Crippen LogP contribution in [0.4, 0.5) is 4.39 Å². The quantitative estimate of drug-likeness (QED) is 0.545. The van der Waals surface area contributed by atoms with Gasteiger partial charge in [0.2, 0.25) is 5.79 Å². The molecule has 1 aliphatic heterocycles. The summed E-state index contributed by atoms with van der Waals surface area (Å²) in [5.74, 6) is -0.897. The smallest absolute Gasteiger partial charge is 0.215 e. The first kappa shape index (κ1) is 19.8. The van der Waals surface area contributed by atoms with E-state index in [1.54, 1.807) is 23.1 Å². The maximum atomic E-state index is 13.9. The van der Waals surface area contributed by atoms with E-state index in [2.05, 4.69) is 17.0 Å². The predicted octanol–water partition coefficient (Wildman–Crippen LogP) is 4.93. The number of aromatic nitrogens is 3. The van der Waals surface area contributed by atoms with Crippen LogP contribution in [0, 0.1) is 5.82 Å². The first-order valence-corrected chi connectivity index (χ1v) is 9.83. The fraction of sp³-hybridized carbons (Fsp3) is 0.333. The lowest BCUT2D eigenvalue weighted by atomic mass is 10.1. The van der Waals surface area contributed by atoms with E-state index in [0.717, 1.165) is 18.4 Å². The molecule has 0 saturated carbocycles. The standard InChI is InChI=1S/C21H21ClFN3O3/c1-2-3-18-11-27-21(29-18,12-26-14-24-13-25-26)15-4-7-17(8-5-15)28-20-10-16(22)6-9-19(20)23/h4-10,13-14,18H,2-3,11-12H2,1H3. The van der Waals surface area contributed by atoms with Crippen LogP contribution in [0.5, 0.6) is 11.5 Å².